The standard InChI is InChI=1S/2C12H24O6.2C2F6NO4S2.2H2O/c2*1-2-14-5-6-16-9-10-18-12-11-17-8-7-15-4-3-13-1;2*3-1(4,5)14(10,11)9-15(12,13)2(6,7)8;;/h2*1-12H2;;;2*1H2/q;;2*-1;;/p+2. The molecule has 2 aliphatic rings. The van der Waals surface area contributed by atoms with Gasteiger partial charge in [0.1, 0.15) is 0 Å². The molecule has 2 fully saturated rings. The van der Waals surface area contributed by atoms with Crippen LogP contribution in [-0.2, 0) is 108 Å². The predicted molar refractivity (Wildman–Crippen MR) is 206 cm³/mol. The molecule has 24 nitrogen and oxygen atoms in total. The summed E-state index contributed by atoms with van der Waals surface area (Å²) in [6, 6.07) is 0. The van der Waals surface area contributed by atoms with Crippen molar-refractivity contribution >= 4 is 40.1 Å². The van der Waals surface area contributed by atoms with E-state index in [9.17, 15) is 86.4 Å². The van der Waals surface area contributed by atoms with Crippen LogP contribution in [0.15, 0.2) is 0 Å². The van der Waals surface area contributed by atoms with Gasteiger partial charge < -0.3 is 76.0 Å². The van der Waals surface area contributed by atoms with Crippen LogP contribution in [0.3, 0.4) is 0 Å². The van der Waals surface area contributed by atoms with Gasteiger partial charge in [-0.3, -0.25) is 0 Å². The maximum atomic E-state index is 11.4. The number of alkyl halides is 12. The van der Waals surface area contributed by atoms with Gasteiger partial charge in [-0.2, -0.15) is 52.7 Å². The molecule has 0 spiro atoms. The largest absolute Gasteiger partial charge is 0.480 e. The minimum absolute atomic E-state index is 0. The first-order chi connectivity index (χ1) is 30.4. The van der Waals surface area contributed by atoms with E-state index in [1.54, 1.807) is 0 Å². The van der Waals surface area contributed by atoms with Crippen molar-refractivity contribution in [3.63, 3.8) is 0 Å². The molecule has 0 radical (unpaired) electrons. The van der Waals surface area contributed by atoms with Gasteiger partial charge >= 0.3 is 22.0 Å². The summed E-state index contributed by atoms with van der Waals surface area (Å²) in [4.78, 5) is 0. The van der Waals surface area contributed by atoms with Crippen LogP contribution < -0.4 is 0 Å². The first-order valence-corrected chi connectivity index (χ1v) is 23.8. The highest BCUT2D eigenvalue weighted by molar-refractivity contribution is 8.13. The molecule has 0 atom stereocenters. The molecule has 0 aliphatic carbocycles. The van der Waals surface area contributed by atoms with Crippen molar-refractivity contribution in [2.24, 2.45) is 0 Å². The van der Waals surface area contributed by atoms with Gasteiger partial charge in [0.15, 0.2) is 40.1 Å². The van der Waals surface area contributed by atoms with Crippen molar-refractivity contribution in [3.05, 3.63) is 8.25 Å². The number of hydrogen-bond donors (Lipinski definition) is 0. The van der Waals surface area contributed by atoms with Crippen LogP contribution in [0.4, 0.5) is 52.7 Å². The molecular formula is C28H54F12N2O22S4. The van der Waals surface area contributed by atoms with Gasteiger partial charge in [-0.15, -0.1) is 0 Å². The Balaban J connectivity index is -0.000000399. The van der Waals surface area contributed by atoms with E-state index in [2.05, 4.69) is 0 Å². The monoisotopic (exact) mass is 1130 g/mol. The van der Waals surface area contributed by atoms with E-state index >= 15 is 0 Å². The lowest BCUT2D eigenvalue weighted by atomic mass is 10.6. The summed E-state index contributed by atoms with van der Waals surface area (Å²) in [6.07, 6.45) is 0. The third kappa shape index (κ3) is 38.1. The van der Waals surface area contributed by atoms with Gasteiger partial charge in [0.05, 0.1) is 159 Å². The average molecular weight is 1130 g/mol. The fraction of sp³-hybridized carbons (Fsp3) is 1.00. The van der Waals surface area contributed by atoms with E-state index in [1.165, 1.54) is 0 Å². The summed E-state index contributed by atoms with van der Waals surface area (Å²) in [5, 5.41) is 0. The molecule has 6 N–H and O–H groups in total. The normalized spacial score (nSPS) is 19.5. The van der Waals surface area contributed by atoms with E-state index in [4.69, 9.17) is 56.8 Å². The van der Waals surface area contributed by atoms with E-state index in [0.717, 1.165) is 8.25 Å². The number of ether oxygens (including phenoxy) is 12. The summed E-state index contributed by atoms with van der Waals surface area (Å²) >= 11 is 0. The van der Waals surface area contributed by atoms with Crippen LogP contribution in [0.5, 0.6) is 0 Å². The minimum Gasteiger partial charge on any atom is -0.457 e. The van der Waals surface area contributed by atoms with Crippen LogP contribution in [0, 0.1) is 0 Å². The fourth-order valence-electron chi connectivity index (χ4n) is 3.07. The second-order valence-electron chi connectivity index (χ2n) is 11.2. The Kier molecular flexibility index (Phi) is 40.7. The lowest BCUT2D eigenvalue weighted by Crippen LogP contribution is -2.30. The molecule has 68 heavy (non-hydrogen) atoms. The molecule has 2 aliphatic heterocycles. The Morgan fingerprint density at radius 2 is 0.294 bits per heavy atom. The second kappa shape index (κ2) is 38.0. The Hall–Kier alpha value is -1.68. The van der Waals surface area contributed by atoms with Gasteiger partial charge in [0.2, 0.25) is 0 Å². The zero-order chi connectivity index (χ0) is 50.9. The highest BCUT2D eigenvalue weighted by Gasteiger charge is 2.48. The van der Waals surface area contributed by atoms with Crippen molar-refractivity contribution in [3.8, 4) is 0 Å². The van der Waals surface area contributed by atoms with Crippen LogP contribution >= 0.6 is 0 Å². The topological polar surface area (TPSA) is 342 Å². The molecule has 0 aromatic carbocycles. The van der Waals surface area contributed by atoms with Gasteiger partial charge in [0, 0.05) is 0 Å². The summed E-state index contributed by atoms with van der Waals surface area (Å²) in [7, 11) is -26.9. The maximum Gasteiger partial charge on any atom is 0.480 e. The lowest BCUT2D eigenvalue weighted by molar-refractivity contribution is -0.0456. The first kappa shape index (κ1) is 72.9. The first-order valence-electron chi connectivity index (χ1n) is 18.1. The van der Waals surface area contributed by atoms with Gasteiger partial charge in [0.25, 0.3) is 0 Å². The lowest BCUT2D eigenvalue weighted by Gasteiger charge is -2.22. The molecule has 0 aromatic rings. The number of hydrogen-bond acceptors (Lipinski definition) is 20. The molecule has 0 aromatic heterocycles. The van der Waals surface area contributed by atoms with Gasteiger partial charge in [-0.05, 0) is 0 Å². The fourth-order valence-corrected chi connectivity index (χ4v) is 6.49. The molecule has 2 heterocycles. The van der Waals surface area contributed by atoms with E-state index in [0.29, 0.717) is 159 Å². The Morgan fingerprint density at radius 1 is 0.221 bits per heavy atom. The average Bonchev–Trinajstić information content (AvgIpc) is 3.16. The third-order valence-electron chi connectivity index (χ3n) is 6.03. The summed E-state index contributed by atoms with van der Waals surface area (Å²) in [6.45, 7) is 14.1. The van der Waals surface area contributed by atoms with Gasteiger partial charge in [-0.1, -0.05) is 0 Å². The van der Waals surface area contributed by atoms with E-state index in [1.807, 2.05) is 0 Å². The molecule has 416 valence electrons. The maximum absolute atomic E-state index is 11.4. The number of nitrogens with zero attached hydrogens (tertiary/aromatic N) is 2. The molecule has 0 saturated carbocycles. The van der Waals surface area contributed by atoms with Crippen molar-refractivity contribution in [1.29, 1.82) is 0 Å². The van der Waals surface area contributed by atoms with Crippen molar-refractivity contribution in [2.75, 3.05) is 159 Å². The van der Waals surface area contributed by atoms with E-state index < -0.39 is 62.1 Å². The Bertz CT molecular complexity index is 1320. The second-order valence-corrected chi connectivity index (χ2v) is 18.0. The highest BCUT2D eigenvalue weighted by atomic mass is 32.3. The zero-order valence-corrected chi connectivity index (χ0v) is 38.6. The Morgan fingerprint density at radius 3 is 0.353 bits per heavy atom. The van der Waals surface area contributed by atoms with Crippen molar-refractivity contribution in [2.45, 2.75) is 22.0 Å². The number of sulfonamides is 4. The molecule has 2 saturated heterocycles. The van der Waals surface area contributed by atoms with Crippen LogP contribution in [0.25, 0.3) is 8.25 Å². The molecule has 2 rings (SSSR count). The Labute approximate surface area is 382 Å². The minimum atomic E-state index is -6.72. The molecule has 0 bridgehead atoms. The van der Waals surface area contributed by atoms with Gasteiger partial charge in [-0.25, -0.2) is 33.7 Å². The van der Waals surface area contributed by atoms with Crippen molar-refractivity contribution in [1.82, 2.24) is 0 Å². The summed E-state index contributed by atoms with van der Waals surface area (Å²) < 4.78 is 282. The molecule has 0 amide bonds. The highest BCUT2D eigenvalue weighted by Crippen LogP contribution is 2.37. The molecule has 40 heteroatoms. The number of rotatable bonds is 4. The quantitative estimate of drug-likeness (QED) is 0.273. The SMILES string of the molecule is C1COCCOCCOCCOCCOCCO1.C1COCCOCCOCCOCCOCCO1.O=S(=O)([N-]S(=O)(=O)C(F)(F)F)C(F)(F)F.O=S(=O)([N-]S(=O)(=O)C(F)(F)F)C(F)(F)F.[OH3+].[OH3+]. The van der Waals surface area contributed by atoms with Crippen LogP contribution in [0.2, 0.25) is 0 Å². The summed E-state index contributed by atoms with van der Waals surface area (Å²) in [5.74, 6) is 0. The molecule has 0 unspecified atom stereocenters. The van der Waals surface area contributed by atoms with E-state index in [-0.39, 0.29) is 11.0 Å². The number of halogens is 12. The van der Waals surface area contributed by atoms with Crippen LogP contribution in [-0.4, -0.2) is 214 Å². The van der Waals surface area contributed by atoms with Crippen LogP contribution in [0.1, 0.15) is 0 Å². The smallest absolute Gasteiger partial charge is 0.457 e. The predicted octanol–water partition coefficient (Wildman–Crippen LogP) is 0.474. The van der Waals surface area contributed by atoms with Crippen molar-refractivity contribution < 1.29 is 154 Å². The zero-order valence-electron chi connectivity index (χ0n) is 35.4. The molecular weight excluding hydrogens is 1070 g/mol. The summed E-state index contributed by atoms with van der Waals surface area (Å²) in [5.41, 5.74) is -24.8. The third-order valence-corrected chi connectivity index (χ3v) is 11.5.